The Hall–Kier alpha value is -3.19. The molecule has 38 heavy (non-hydrogen) atoms. The van der Waals surface area contributed by atoms with E-state index in [0.717, 1.165) is 5.56 Å². The Bertz CT molecular complexity index is 1320. The number of benzene rings is 2. The van der Waals surface area contributed by atoms with Crippen molar-refractivity contribution in [1.82, 2.24) is 14.6 Å². The second-order valence-corrected chi connectivity index (χ2v) is 11.7. The normalized spacial score (nSPS) is 17.7. The topological polar surface area (TPSA) is 157 Å². The van der Waals surface area contributed by atoms with Crippen LogP contribution in [0.25, 0.3) is 11.1 Å². The molecule has 0 radical (unpaired) electrons. The average Bonchev–Trinajstić information content (AvgIpc) is 3.51. The van der Waals surface area contributed by atoms with E-state index in [1.165, 1.54) is 22.5 Å². The van der Waals surface area contributed by atoms with Crippen LogP contribution in [0.1, 0.15) is 25.8 Å². The molecule has 0 unspecified atom stereocenters. The fraction of sp³-hybridized carbons (Fsp3) is 0.462. The molecule has 2 heterocycles. The number of nitrogens with two attached hydrogens (primary N) is 1. The lowest BCUT2D eigenvalue weighted by Crippen LogP contribution is -2.51. The number of rotatable bonds is 11. The first-order chi connectivity index (χ1) is 18.1. The van der Waals surface area contributed by atoms with Crippen molar-refractivity contribution < 1.29 is 32.2 Å². The van der Waals surface area contributed by atoms with Gasteiger partial charge in [-0.25, -0.2) is 13.2 Å². The number of amides is 1. The molecule has 4 N–H and O–H groups in total. The van der Waals surface area contributed by atoms with Crippen LogP contribution < -0.4 is 11.1 Å². The molecule has 12 heteroatoms. The Morgan fingerprint density at radius 1 is 1.24 bits per heavy atom. The number of carbonyl (C=O) groups excluding carboxylic acids is 1. The van der Waals surface area contributed by atoms with Gasteiger partial charge in [-0.15, -0.1) is 0 Å². The molecule has 1 aliphatic heterocycles. The number of aliphatic hydroxyl groups excluding tert-OH is 1. The van der Waals surface area contributed by atoms with Crippen molar-refractivity contribution in [2.45, 2.75) is 49.8 Å². The molecular weight excluding hydrogens is 512 g/mol. The maximum atomic E-state index is 13.7. The highest BCUT2D eigenvalue weighted by atomic mass is 32.2. The predicted molar refractivity (Wildman–Crippen MR) is 141 cm³/mol. The average molecular weight is 547 g/mol. The van der Waals surface area contributed by atoms with Crippen molar-refractivity contribution in [2.75, 3.05) is 32.0 Å². The molecule has 1 aromatic heterocycles. The largest absolute Gasteiger partial charge is 0.444 e. The van der Waals surface area contributed by atoms with Gasteiger partial charge in [-0.05, 0) is 30.0 Å². The first kappa shape index (κ1) is 27.8. The van der Waals surface area contributed by atoms with Crippen molar-refractivity contribution in [3.63, 3.8) is 0 Å². The molecule has 1 amide bonds. The highest BCUT2D eigenvalue weighted by molar-refractivity contribution is 7.89. The van der Waals surface area contributed by atoms with Gasteiger partial charge >= 0.3 is 6.09 Å². The Kier molecular flexibility index (Phi) is 8.87. The van der Waals surface area contributed by atoms with E-state index in [1.807, 2.05) is 44.2 Å². The van der Waals surface area contributed by atoms with Crippen molar-refractivity contribution in [3.05, 3.63) is 54.1 Å². The van der Waals surface area contributed by atoms with Gasteiger partial charge in [0.1, 0.15) is 11.6 Å². The van der Waals surface area contributed by atoms with E-state index in [9.17, 15) is 18.3 Å². The number of alkyl carbamates (subject to hydrolysis) is 1. The Labute approximate surface area is 222 Å². The minimum Gasteiger partial charge on any atom is -0.444 e. The maximum Gasteiger partial charge on any atom is 0.407 e. The summed E-state index contributed by atoms with van der Waals surface area (Å²) in [5.41, 5.74) is 7.16. The molecule has 0 bridgehead atoms. The lowest BCUT2D eigenvalue weighted by atomic mass is 10.0. The zero-order chi connectivity index (χ0) is 27.3. The molecular formula is C26H34N4O7S. The summed E-state index contributed by atoms with van der Waals surface area (Å²) in [5, 5.41) is 14.0. The van der Waals surface area contributed by atoms with Crippen LogP contribution >= 0.6 is 0 Å². The summed E-state index contributed by atoms with van der Waals surface area (Å²) < 4.78 is 44.6. The third kappa shape index (κ3) is 7.01. The number of nitrogens with zero attached hydrogens (tertiary/aromatic N) is 2. The fourth-order valence-electron chi connectivity index (χ4n) is 4.34. The van der Waals surface area contributed by atoms with Gasteiger partial charge in [-0.3, -0.25) is 0 Å². The third-order valence-electron chi connectivity index (χ3n) is 6.20. The molecule has 1 fully saturated rings. The molecule has 2 aromatic carbocycles. The lowest BCUT2D eigenvalue weighted by molar-refractivity contribution is 0.0644. The molecule has 3 atom stereocenters. The van der Waals surface area contributed by atoms with Crippen LogP contribution in [-0.4, -0.2) is 73.5 Å². The number of hydrogen-bond acceptors (Lipinski definition) is 9. The highest BCUT2D eigenvalue weighted by Crippen LogP contribution is 2.25. The Balaban J connectivity index is 1.56. The van der Waals surface area contributed by atoms with Crippen LogP contribution in [0.2, 0.25) is 0 Å². The van der Waals surface area contributed by atoms with E-state index in [-0.39, 0.29) is 48.0 Å². The standard InChI is InChI=1S/C26H34N4O7S/c1-17(2)14-30(38(33,34)20-8-9-21-24(13-20)37-25(27)28-21)15-23(31)22(12-18-6-4-3-5-7-18)29-26(32)36-19-10-11-35-16-19/h3-9,13,17,19,22-23,31H,10-12,14-16H2,1-2H3,(H2,27,28)(H,29,32)/t19-,22-,23+/m0/s1. The number of hydrogen-bond donors (Lipinski definition) is 3. The monoisotopic (exact) mass is 546 g/mol. The molecule has 0 saturated carbocycles. The number of fused-ring (bicyclic) bond motifs is 1. The Morgan fingerprint density at radius 3 is 2.68 bits per heavy atom. The van der Waals surface area contributed by atoms with E-state index in [0.29, 0.717) is 25.2 Å². The molecule has 4 rings (SSSR count). The van der Waals surface area contributed by atoms with Gasteiger partial charge in [0.25, 0.3) is 6.01 Å². The smallest absolute Gasteiger partial charge is 0.407 e. The minimum absolute atomic E-state index is 0.0118. The molecule has 206 valence electrons. The fourth-order valence-corrected chi connectivity index (χ4v) is 5.98. The predicted octanol–water partition coefficient (Wildman–Crippen LogP) is 2.54. The van der Waals surface area contributed by atoms with Gasteiger partial charge in [0.2, 0.25) is 10.0 Å². The summed E-state index contributed by atoms with van der Waals surface area (Å²) in [4.78, 5) is 16.7. The van der Waals surface area contributed by atoms with Crippen LogP contribution in [0, 0.1) is 5.92 Å². The number of oxazole rings is 1. The van der Waals surface area contributed by atoms with Gasteiger partial charge < -0.3 is 30.0 Å². The first-order valence-corrected chi connectivity index (χ1v) is 14.0. The highest BCUT2D eigenvalue weighted by Gasteiger charge is 2.32. The van der Waals surface area contributed by atoms with E-state index in [1.54, 1.807) is 0 Å². The number of carbonyl (C=O) groups is 1. The lowest BCUT2D eigenvalue weighted by Gasteiger charge is -2.30. The summed E-state index contributed by atoms with van der Waals surface area (Å²) in [6.07, 6.45) is -1.41. The van der Waals surface area contributed by atoms with Crippen molar-refractivity contribution in [1.29, 1.82) is 0 Å². The van der Waals surface area contributed by atoms with Crippen LogP contribution in [-0.2, 0) is 25.9 Å². The molecule has 1 aliphatic rings. The SMILES string of the molecule is CC(C)CN(C[C@@H](O)[C@H](Cc1ccccc1)NC(=O)O[C@H]1CCOC1)S(=O)(=O)c1ccc2nc(N)oc2c1. The second kappa shape index (κ2) is 12.1. The number of nitrogen functional groups attached to an aromatic ring is 1. The van der Waals surface area contributed by atoms with Gasteiger partial charge in [-0.1, -0.05) is 44.2 Å². The number of sulfonamides is 1. The molecule has 1 saturated heterocycles. The summed E-state index contributed by atoms with van der Waals surface area (Å²) in [5.74, 6) is -0.0329. The molecule has 11 nitrogen and oxygen atoms in total. The summed E-state index contributed by atoms with van der Waals surface area (Å²) in [6.45, 7) is 4.51. The van der Waals surface area contributed by atoms with Crippen molar-refractivity contribution in [3.8, 4) is 0 Å². The summed E-state index contributed by atoms with van der Waals surface area (Å²) in [7, 11) is -4.04. The summed E-state index contributed by atoms with van der Waals surface area (Å²) >= 11 is 0. The second-order valence-electron chi connectivity index (χ2n) is 9.80. The molecule has 0 aliphatic carbocycles. The van der Waals surface area contributed by atoms with Gasteiger partial charge in [-0.2, -0.15) is 9.29 Å². The van der Waals surface area contributed by atoms with Crippen LogP contribution in [0.15, 0.2) is 57.8 Å². The number of nitrogens with one attached hydrogen (secondary N) is 1. The van der Waals surface area contributed by atoms with Gasteiger partial charge in [0, 0.05) is 25.6 Å². The number of ether oxygens (including phenoxy) is 2. The van der Waals surface area contributed by atoms with E-state index in [4.69, 9.17) is 19.6 Å². The Morgan fingerprint density at radius 2 is 2.00 bits per heavy atom. The van der Waals surface area contributed by atoms with Crippen LogP contribution in [0.5, 0.6) is 0 Å². The molecule has 3 aromatic rings. The van der Waals surface area contributed by atoms with Crippen LogP contribution in [0.3, 0.4) is 0 Å². The van der Waals surface area contributed by atoms with E-state index in [2.05, 4.69) is 10.3 Å². The number of aliphatic hydroxyl groups is 1. The van der Waals surface area contributed by atoms with Crippen molar-refractivity contribution >= 4 is 33.2 Å². The third-order valence-corrected chi connectivity index (χ3v) is 8.03. The van der Waals surface area contributed by atoms with E-state index >= 15 is 0 Å². The molecule has 0 spiro atoms. The zero-order valence-corrected chi connectivity index (χ0v) is 22.3. The minimum atomic E-state index is -4.04. The maximum absolute atomic E-state index is 13.7. The van der Waals surface area contributed by atoms with Gasteiger partial charge in [0.15, 0.2) is 5.58 Å². The number of aromatic nitrogens is 1. The van der Waals surface area contributed by atoms with Crippen LogP contribution in [0.4, 0.5) is 10.8 Å². The van der Waals surface area contributed by atoms with Gasteiger partial charge in [0.05, 0.1) is 30.3 Å². The quantitative estimate of drug-likeness (QED) is 0.329. The summed E-state index contributed by atoms with van der Waals surface area (Å²) in [6, 6.07) is 12.8. The van der Waals surface area contributed by atoms with Crippen molar-refractivity contribution in [2.24, 2.45) is 5.92 Å². The van der Waals surface area contributed by atoms with E-state index < -0.39 is 28.3 Å². The number of anilines is 1. The zero-order valence-electron chi connectivity index (χ0n) is 21.4. The first-order valence-electron chi connectivity index (χ1n) is 12.5.